The predicted molar refractivity (Wildman–Crippen MR) is 468 cm³/mol. The number of pyridine rings is 2. The first-order valence-corrected chi connectivity index (χ1v) is 44.2. The molecule has 0 spiro atoms. The predicted octanol–water partition coefficient (Wildman–Crippen LogP) is 16.3. The number of thiophene rings is 1. The zero-order valence-corrected chi connectivity index (χ0v) is 68.2. The van der Waals surface area contributed by atoms with Crippen LogP contribution >= 0.6 is 43.0 Å². The van der Waals surface area contributed by atoms with Crippen molar-refractivity contribution in [3.8, 4) is 17.0 Å². The number of nitrogens with zero attached hydrogens (tertiary/aromatic N) is 4. The van der Waals surface area contributed by atoms with Gasteiger partial charge >= 0.3 is 0 Å². The fraction of sp³-hybridized carbons (Fsp3) is 0.106. The van der Waals surface area contributed by atoms with Gasteiger partial charge in [-0.2, -0.15) is 4.31 Å². The van der Waals surface area contributed by atoms with Gasteiger partial charge in [-0.25, -0.2) is 13.4 Å². The first-order chi connectivity index (χ1) is 53.0. The normalized spacial score (nSPS) is 12.8. The number of benzene rings is 12. The van der Waals surface area contributed by atoms with Gasteiger partial charge in [0.1, 0.15) is 0 Å². The number of aromatic nitrogens is 2. The molecule has 109 heavy (non-hydrogen) atoms. The van der Waals surface area contributed by atoms with E-state index in [4.69, 9.17) is 4.74 Å². The van der Waals surface area contributed by atoms with Crippen LogP contribution in [0.4, 0.5) is 0 Å². The molecule has 3 aromatic heterocycles. The Labute approximate surface area is 666 Å². The smallest absolute Gasteiger partial charge is 0.259 e. The summed E-state index contributed by atoms with van der Waals surface area (Å²) in [5.74, 6) is 0.557. The Hall–Kier alpha value is -9.25. The number of hydrogen-bond acceptors (Lipinski definition) is 7. The van der Waals surface area contributed by atoms with E-state index in [2.05, 4.69) is 374 Å². The van der Waals surface area contributed by atoms with Gasteiger partial charge in [-0.1, -0.05) is 364 Å². The number of hydrogen-bond donors (Lipinski definition) is 0. The summed E-state index contributed by atoms with van der Waals surface area (Å²) in [6.45, 7) is 6.80. The number of piperazine rings is 1. The number of fused-ring (bicyclic) bond motifs is 1. The molecule has 15 heteroatoms. The SMILES string of the molecule is CCOc1cc(-c2cn(C)c(=O)c3cc(CN4CCN(S(C)(=O)=O)C[C@H]4C)sc23)ccn1.[Pd].c1ccc(P(c2ccccc2)c2ccccc2)cc1.c1ccc(P(c2ccccc2)c2ccccc2)cc1.c1ccc(P(c2ccccc2)c2ccccc2)cc1.c1ccc(P(c2ccccc2)c2ccccc2)cc1. The molecule has 4 heterocycles. The van der Waals surface area contributed by atoms with Crippen molar-refractivity contribution in [1.29, 1.82) is 0 Å². The van der Waals surface area contributed by atoms with Crippen LogP contribution in [0, 0.1) is 0 Å². The number of sulfonamides is 1. The van der Waals surface area contributed by atoms with Crippen molar-refractivity contribution in [2.75, 3.05) is 32.5 Å². The van der Waals surface area contributed by atoms with E-state index in [0.29, 0.717) is 44.1 Å². The van der Waals surface area contributed by atoms with Crippen LogP contribution in [-0.4, -0.2) is 65.7 Å². The first-order valence-electron chi connectivity index (χ1n) is 36.2. The molecule has 0 N–H and O–H groups in total. The van der Waals surface area contributed by atoms with E-state index in [1.807, 2.05) is 38.2 Å². The van der Waals surface area contributed by atoms with Gasteiger partial charge in [-0.15, -0.1) is 11.3 Å². The van der Waals surface area contributed by atoms with Crippen molar-refractivity contribution >= 4 is 127 Å². The summed E-state index contributed by atoms with van der Waals surface area (Å²) >= 11 is 1.61. The average Bonchev–Trinajstić information content (AvgIpc) is 1.65. The van der Waals surface area contributed by atoms with Crippen LogP contribution in [-0.2, 0) is 44.0 Å². The summed E-state index contributed by atoms with van der Waals surface area (Å²) in [5, 5.41) is 17.5. The third kappa shape index (κ3) is 22.5. The Morgan fingerprint density at radius 2 is 0.697 bits per heavy atom. The molecule has 1 aliphatic heterocycles. The molecule has 1 aliphatic rings. The van der Waals surface area contributed by atoms with E-state index < -0.39 is 41.7 Å². The summed E-state index contributed by atoms with van der Waals surface area (Å²) in [4.78, 5) is 20.5. The molecule has 550 valence electrons. The van der Waals surface area contributed by atoms with Gasteiger partial charge in [0, 0.05) is 93.3 Å². The zero-order chi connectivity index (χ0) is 74.7. The van der Waals surface area contributed by atoms with Gasteiger partial charge < -0.3 is 9.30 Å². The molecule has 0 amide bonds. The largest absolute Gasteiger partial charge is 0.478 e. The van der Waals surface area contributed by atoms with Crippen LogP contribution in [0.5, 0.6) is 5.88 Å². The van der Waals surface area contributed by atoms with Gasteiger partial charge in [0.05, 0.1) is 18.2 Å². The van der Waals surface area contributed by atoms with Crippen molar-refractivity contribution < 1.29 is 33.6 Å². The van der Waals surface area contributed by atoms with Gasteiger partial charge in [0.15, 0.2) is 0 Å². The van der Waals surface area contributed by atoms with Crippen molar-refractivity contribution in [3.63, 3.8) is 0 Å². The quantitative estimate of drug-likeness (QED) is 0.0629. The molecular weight excluding hydrogens is 1540 g/mol. The number of rotatable bonds is 18. The molecule has 1 fully saturated rings. The van der Waals surface area contributed by atoms with Gasteiger partial charge in [-0.05, 0) is 127 Å². The summed E-state index contributed by atoms with van der Waals surface area (Å²) in [7, 11) is -3.20. The minimum absolute atomic E-state index is 0. The fourth-order valence-corrected chi connectivity index (χ4v) is 24.1. The van der Waals surface area contributed by atoms with Crippen molar-refractivity contribution in [1.82, 2.24) is 18.8 Å². The van der Waals surface area contributed by atoms with Crippen molar-refractivity contribution in [3.05, 3.63) is 410 Å². The summed E-state index contributed by atoms with van der Waals surface area (Å²) in [6.07, 6.45) is 4.84. The molecule has 0 unspecified atom stereocenters. The summed E-state index contributed by atoms with van der Waals surface area (Å²) in [6, 6.07) is 135. The maximum absolute atomic E-state index is 12.9. The molecular formula is C94H88N4O4P4PdS2. The third-order valence-corrected chi connectivity index (χ3v) is 30.2. The Morgan fingerprint density at radius 3 is 0.945 bits per heavy atom. The van der Waals surface area contributed by atoms with Gasteiger partial charge in [0.25, 0.3) is 5.56 Å². The second-order valence-electron chi connectivity index (χ2n) is 25.5. The van der Waals surface area contributed by atoms with E-state index in [1.165, 1.54) is 74.2 Å². The molecule has 8 nitrogen and oxygen atoms in total. The Morgan fingerprint density at radius 1 is 0.422 bits per heavy atom. The topological polar surface area (TPSA) is 84.7 Å². The molecule has 1 atom stereocenters. The second-order valence-corrected chi connectivity index (χ2v) is 37.5. The second kappa shape index (κ2) is 41.5. The number of aryl methyl sites for hydroxylation is 1. The minimum Gasteiger partial charge on any atom is -0.478 e. The zero-order valence-electron chi connectivity index (χ0n) is 61.5. The monoisotopic (exact) mass is 1630 g/mol. The first kappa shape index (κ1) is 80.8. The van der Waals surface area contributed by atoms with Crippen LogP contribution in [0.2, 0.25) is 0 Å². The van der Waals surface area contributed by atoms with E-state index in [1.54, 1.807) is 29.1 Å². The number of ether oxygens (including phenoxy) is 1. The average molecular weight is 1630 g/mol. The van der Waals surface area contributed by atoms with E-state index in [9.17, 15) is 13.2 Å². The van der Waals surface area contributed by atoms with Crippen LogP contribution in [0.15, 0.2) is 399 Å². The van der Waals surface area contributed by atoms with Crippen LogP contribution in [0.1, 0.15) is 18.7 Å². The Balaban J connectivity index is 0.000000138. The Bertz CT molecular complexity index is 4490. The van der Waals surface area contributed by atoms with E-state index >= 15 is 0 Å². The van der Waals surface area contributed by atoms with Gasteiger partial charge in [-0.3, -0.25) is 9.69 Å². The molecule has 16 rings (SSSR count). The fourth-order valence-electron chi connectivity index (χ4n) is 12.8. The minimum atomic E-state index is -3.18. The van der Waals surface area contributed by atoms with Crippen LogP contribution in [0.25, 0.3) is 21.2 Å². The molecule has 0 bridgehead atoms. The molecule has 15 aromatic rings. The molecule has 0 radical (unpaired) electrons. The van der Waals surface area contributed by atoms with Gasteiger partial charge in [0.2, 0.25) is 15.9 Å². The summed E-state index contributed by atoms with van der Waals surface area (Å²) < 4.78 is 33.4. The maximum atomic E-state index is 12.9. The van der Waals surface area contributed by atoms with E-state index in [0.717, 1.165) is 20.7 Å². The van der Waals surface area contributed by atoms with Crippen LogP contribution < -0.4 is 74.0 Å². The van der Waals surface area contributed by atoms with Crippen molar-refractivity contribution in [2.24, 2.45) is 7.05 Å². The molecule has 12 aromatic carbocycles. The molecule has 0 saturated carbocycles. The third-order valence-electron chi connectivity index (χ3n) is 18.0. The summed E-state index contributed by atoms with van der Waals surface area (Å²) in [5.41, 5.74) is 1.89. The van der Waals surface area contributed by atoms with Crippen molar-refractivity contribution in [2.45, 2.75) is 26.4 Å². The Kier molecular flexibility index (Phi) is 30.8. The standard InChI is InChI=1S/C22H28N4O4S2.4C18H15P.Pd/c1-5-30-20-10-16(6-7-23-20)19-14-24(3)22(27)18-11-17(31-21(18)19)13-25-8-9-26(12-15(25)2)32(4,28)29;4*1-4-10-16(11-5-1)19(17-12-6-2-7-13-17)18-14-8-3-9-15-18;/h6-7,10-11,14-15H,5,8-9,12-13H2,1-4H3;4*1-15H;/t15-;;;;;/m1...../s1. The molecule has 0 aliphatic carbocycles. The molecule has 1 saturated heterocycles. The maximum Gasteiger partial charge on any atom is 0.259 e. The van der Waals surface area contributed by atoms with Crippen LogP contribution in [0.3, 0.4) is 0 Å². The van der Waals surface area contributed by atoms with E-state index in [-0.39, 0.29) is 32.0 Å².